The van der Waals surface area contributed by atoms with Gasteiger partial charge in [-0.2, -0.15) is 0 Å². The molecular weight excluding hydrogens is 875 g/mol. The van der Waals surface area contributed by atoms with Gasteiger partial charge in [-0.05, 0) is 151 Å². The second-order valence-electron chi connectivity index (χ2n) is 19.1. The van der Waals surface area contributed by atoms with Crippen LogP contribution in [0.5, 0.6) is 0 Å². The topological polar surface area (TPSA) is 29.5 Å². The van der Waals surface area contributed by atoms with E-state index in [4.69, 9.17) is 8.83 Å². The lowest BCUT2D eigenvalue weighted by atomic mass is 9.92. The highest BCUT2D eigenvalue weighted by molar-refractivity contribution is 6.15. The minimum atomic E-state index is 0.897. The van der Waals surface area contributed by atoms with E-state index in [-0.39, 0.29) is 0 Å². The predicted octanol–water partition coefficient (Wildman–Crippen LogP) is 20.0. The number of nitrogens with zero attached hydrogens (tertiary/aromatic N) is 1. The molecule has 0 aliphatic heterocycles. The molecule has 12 aromatic carbocycles. The Morgan fingerprint density at radius 3 is 1.65 bits per heavy atom. The number of hydrogen-bond donors (Lipinski definition) is 0. The number of fused-ring (bicyclic) bond motifs is 10. The molecular formula is C69H47NO2. The van der Waals surface area contributed by atoms with E-state index in [9.17, 15) is 0 Å². The Morgan fingerprint density at radius 1 is 0.319 bits per heavy atom. The molecule has 0 atom stereocenters. The highest BCUT2D eigenvalue weighted by Crippen LogP contribution is 2.45. The number of hydrogen-bond acceptors (Lipinski definition) is 3. The van der Waals surface area contributed by atoms with Crippen LogP contribution in [0.1, 0.15) is 18.9 Å². The molecule has 3 nitrogen and oxygen atoms in total. The molecule has 0 spiro atoms. The highest BCUT2D eigenvalue weighted by atomic mass is 16.3. The van der Waals surface area contributed by atoms with Gasteiger partial charge in [0.25, 0.3) is 0 Å². The molecule has 0 unspecified atom stereocenters. The van der Waals surface area contributed by atoms with Gasteiger partial charge in [-0.25, -0.2) is 0 Å². The molecule has 0 amide bonds. The summed E-state index contributed by atoms with van der Waals surface area (Å²) in [4.78, 5) is 2.44. The number of para-hydroxylation sites is 3. The van der Waals surface area contributed by atoms with E-state index < -0.39 is 0 Å². The highest BCUT2D eigenvalue weighted by Gasteiger charge is 2.20. The van der Waals surface area contributed by atoms with Gasteiger partial charge in [0, 0.05) is 43.9 Å². The van der Waals surface area contributed by atoms with Gasteiger partial charge in [-0.15, -0.1) is 0 Å². The zero-order valence-electron chi connectivity index (χ0n) is 39.8. The summed E-state index contributed by atoms with van der Waals surface area (Å²) in [6, 6.07) is 88.3. The Balaban J connectivity index is 0.882. The van der Waals surface area contributed by atoms with Crippen LogP contribution in [0.2, 0.25) is 0 Å². The van der Waals surface area contributed by atoms with E-state index >= 15 is 0 Å². The Labute approximate surface area is 417 Å². The second-order valence-corrected chi connectivity index (χ2v) is 19.1. The molecule has 0 radical (unpaired) electrons. The van der Waals surface area contributed by atoms with E-state index in [1.165, 1.54) is 43.4 Å². The summed E-state index contributed by atoms with van der Waals surface area (Å²) >= 11 is 0. The molecule has 0 saturated carbocycles. The molecule has 14 aromatic rings. The molecule has 0 bridgehead atoms. The van der Waals surface area contributed by atoms with E-state index in [1.807, 2.05) is 24.3 Å². The molecule has 0 fully saturated rings. The van der Waals surface area contributed by atoms with E-state index in [0.29, 0.717) is 0 Å². The third-order valence-corrected chi connectivity index (χ3v) is 14.7. The van der Waals surface area contributed by atoms with Crippen LogP contribution in [0.3, 0.4) is 0 Å². The average Bonchev–Trinajstić information content (AvgIpc) is 4.02. The van der Waals surface area contributed by atoms with Crippen molar-refractivity contribution in [2.75, 3.05) is 4.90 Å². The van der Waals surface area contributed by atoms with Crippen LogP contribution in [0.4, 0.5) is 17.1 Å². The van der Waals surface area contributed by atoms with Crippen LogP contribution in [0.25, 0.3) is 121 Å². The van der Waals surface area contributed by atoms with Gasteiger partial charge in [-0.1, -0.05) is 183 Å². The lowest BCUT2D eigenvalue weighted by molar-refractivity contribution is 0.669. The van der Waals surface area contributed by atoms with Crippen molar-refractivity contribution in [2.24, 2.45) is 0 Å². The van der Waals surface area contributed by atoms with Crippen molar-refractivity contribution in [2.45, 2.75) is 19.8 Å². The van der Waals surface area contributed by atoms with Gasteiger partial charge in [0.2, 0.25) is 0 Å². The van der Waals surface area contributed by atoms with Crippen molar-refractivity contribution in [3.63, 3.8) is 0 Å². The molecule has 3 heteroatoms. The van der Waals surface area contributed by atoms with Gasteiger partial charge in [-0.3, -0.25) is 0 Å². The Bertz CT molecular complexity index is 4400. The normalized spacial score (nSPS) is 11.8. The summed E-state index contributed by atoms with van der Waals surface area (Å²) in [5.41, 5.74) is 17.4. The fourth-order valence-electron chi connectivity index (χ4n) is 11.2. The zero-order chi connectivity index (χ0) is 47.7. The Morgan fingerprint density at radius 2 is 0.889 bits per heavy atom. The predicted molar refractivity (Wildman–Crippen MR) is 304 cm³/mol. The van der Waals surface area contributed by atoms with Gasteiger partial charge in [0.05, 0.1) is 5.69 Å². The lowest BCUT2D eigenvalue weighted by Crippen LogP contribution is -2.10. The zero-order valence-corrected chi connectivity index (χ0v) is 39.8. The van der Waals surface area contributed by atoms with Gasteiger partial charge < -0.3 is 13.7 Å². The minimum absolute atomic E-state index is 0.897. The van der Waals surface area contributed by atoms with Crippen molar-refractivity contribution in [1.82, 2.24) is 0 Å². The molecule has 14 rings (SSSR count). The number of anilines is 3. The van der Waals surface area contributed by atoms with Gasteiger partial charge in [0.1, 0.15) is 22.3 Å². The largest absolute Gasteiger partial charge is 0.456 e. The van der Waals surface area contributed by atoms with Crippen molar-refractivity contribution < 1.29 is 8.83 Å². The maximum atomic E-state index is 6.47. The monoisotopic (exact) mass is 921 g/mol. The summed E-state index contributed by atoms with van der Waals surface area (Å²) in [7, 11) is 0. The summed E-state index contributed by atoms with van der Waals surface area (Å²) in [6.07, 6.45) is 2.14. The first kappa shape index (κ1) is 41.8. The van der Waals surface area contributed by atoms with Gasteiger partial charge in [0.15, 0.2) is 0 Å². The molecule has 0 N–H and O–H groups in total. The lowest BCUT2D eigenvalue weighted by Gasteiger charge is -2.28. The first-order valence-electron chi connectivity index (χ1n) is 25.0. The summed E-state index contributed by atoms with van der Waals surface area (Å²) in [6.45, 7) is 2.26. The maximum absolute atomic E-state index is 6.47. The van der Waals surface area contributed by atoms with Gasteiger partial charge >= 0.3 is 0 Å². The van der Waals surface area contributed by atoms with Crippen molar-refractivity contribution in [3.05, 3.63) is 248 Å². The number of furan rings is 2. The first-order chi connectivity index (χ1) is 35.6. The molecule has 0 aliphatic rings. The summed E-state index contributed by atoms with van der Waals surface area (Å²) in [5, 5.41) is 11.9. The minimum Gasteiger partial charge on any atom is -0.456 e. The van der Waals surface area contributed by atoms with Crippen LogP contribution in [-0.2, 0) is 6.42 Å². The molecule has 0 saturated heterocycles. The molecule has 2 heterocycles. The van der Waals surface area contributed by atoms with Crippen molar-refractivity contribution in [3.8, 4) is 44.5 Å². The van der Waals surface area contributed by atoms with Crippen LogP contribution in [-0.4, -0.2) is 0 Å². The number of aryl methyl sites for hydroxylation is 1. The third kappa shape index (κ3) is 7.04. The SMILES string of the molecule is CCCc1ccc2c(N(c3ccc(-c4cccc(-c5cccc6c5oc5ccccc56)c4)cc3)c3ccc(-c4cc(-c5ccc6c(c5)oc5ccccc56)c5ccccc5c4)cc3)cc3ccccc3c2c1. The molecule has 72 heavy (non-hydrogen) atoms. The van der Waals surface area contributed by atoms with Crippen LogP contribution in [0.15, 0.2) is 251 Å². The smallest absolute Gasteiger partial charge is 0.143 e. The Hall–Kier alpha value is -9.18. The first-order valence-corrected chi connectivity index (χ1v) is 25.0. The second kappa shape index (κ2) is 17.0. The van der Waals surface area contributed by atoms with Crippen molar-refractivity contribution in [1.29, 1.82) is 0 Å². The van der Waals surface area contributed by atoms with Crippen LogP contribution < -0.4 is 4.90 Å². The molecule has 2 aromatic heterocycles. The van der Waals surface area contributed by atoms with Crippen LogP contribution in [0, 0.1) is 0 Å². The Kier molecular flexibility index (Phi) is 9.89. The average molecular weight is 922 g/mol. The fraction of sp³-hybridized carbons (Fsp3) is 0.0435. The summed E-state index contributed by atoms with van der Waals surface area (Å²) < 4.78 is 12.9. The third-order valence-electron chi connectivity index (χ3n) is 14.7. The maximum Gasteiger partial charge on any atom is 0.143 e. The van der Waals surface area contributed by atoms with Crippen molar-refractivity contribution >= 4 is 93.3 Å². The van der Waals surface area contributed by atoms with E-state index in [0.717, 1.165) is 113 Å². The van der Waals surface area contributed by atoms with Crippen LogP contribution >= 0.6 is 0 Å². The molecule has 340 valence electrons. The quantitative estimate of drug-likeness (QED) is 0.135. The number of benzene rings is 12. The van der Waals surface area contributed by atoms with E-state index in [2.05, 4.69) is 230 Å². The molecule has 0 aliphatic carbocycles. The fourth-order valence-corrected chi connectivity index (χ4v) is 11.2. The number of rotatable bonds is 9. The van der Waals surface area contributed by atoms with E-state index in [1.54, 1.807) is 0 Å². The summed E-state index contributed by atoms with van der Waals surface area (Å²) in [5.74, 6) is 0. The standard InChI is InChI=1S/C69H47NO2/c1-2-13-44-26-36-58-64(38-44)56-19-6-4-15-50(56)42-65(58)70(53-32-27-45(28-33-53)47-16-11-17-49(39-47)57-22-12-23-62-60-21-8-10-25-67(60)72-69(57)62)54-34-29-46(30-35-54)52-40-48-14-3-5-18-55(48)63(41-52)51-31-37-61-59-20-7-9-24-66(59)71-68(61)43-51/h3-12,14-43H,2,13H2,1H3.